The number of methoxy groups -OCH3 is 1. The van der Waals surface area contributed by atoms with Gasteiger partial charge in [0.25, 0.3) is 0 Å². The van der Waals surface area contributed by atoms with Gasteiger partial charge in [-0.25, -0.2) is 4.39 Å². The molecule has 0 amide bonds. The average molecular weight is 352 g/mol. The Hall–Kier alpha value is -1.78. The zero-order chi connectivity index (χ0) is 17.5. The summed E-state index contributed by atoms with van der Waals surface area (Å²) in [6, 6.07) is 10.3. The summed E-state index contributed by atoms with van der Waals surface area (Å²) in [7, 11) is 1.59. The van der Waals surface area contributed by atoms with Crippen LogP contribution in [0, 0.1) is 11.7 Å². The first-order chi connectivity index (χ1) is 11.5. The summed E-state index contributed by atoms with van der Waals surface area (Å²) >= 11 is 6.02. The predicted octanol–water partition coefficient (Wildman–Crippen LogP) is 4.81. The molecule has 0 bridgehead atoms. The van der Waals surface area contributed by atoms with Gasteiger partial charge in [0, 0.05) is 12.1 Å². The first-order valence-electron chi connectivity index (χ1n) is 7.94. The van der Waals surface area contributed by atoms with Gasteiger partial charge in [-0.15, -0.1) is 0 Å². The second-order valence-corrected chi connectivity index (χ2v) is 6.41. The Kier molecular flexibility index (Phi) is 6.88. The predicted molar refractivity (Wildman–Crippen MR) is 95.3 cm³/mol. The second kappa shape index (κ2) is 8.90. The molecule has 3 nitrogen and oxygen atoms in total. The lowest BCUT2D eigenvalue weighted by Gasteiger charge is -2.14. The summed E-state index contributed by atoms with van der Waals surface area (Å²) in [6.07, 6.45) is 0. The molecular formula is C19H23ClFNO2. The van der Waals surface area contributed by atoms with E-state index in [1.165, 1.54) is 6.07 Å². The van der Waals surface area contributed by atoms with E-state index in [9.17, 15) is 4.39 Å². The SMILES string of the molecule is COc1cc(CNCC(C)C)ccc1OCc1c(F)cccc1Cl. The maximum Gasteiger partial charge on any atom is 0.161 e. The van der Waals surface area contributed by atoms with Gasteiger partial charge in [-0.3, -0.25) is 0 Å². The van der Waals surface area contributed by atoms with Gasteiger partial charge in [0.1, 0.15) is 12.4 Å². The van der Waals surface area contributed by atoms with Gasteiger partial charge >= 0.3 is 0 Å². The van der Waals surface area contributed by atoms with Crippen molar-refractivity contribution in [2.45, 2.75) is 27.0 Å². The van der Waals surface area contributed by atoms with Crippen molar-refractivity contribution in [1.29, 1.82) is 0 Å². The van der Waals surface area contributed by atoms with E-state index in [2.05, 4.69) is 19.2 Å². The Morgan fingerprint density at radius 3 is 2.62 bits per heavy atom. The highest BCUT2D eigenvalue weighted by Crippen LogP contribution is 2.30. The van der Waals surface area contributed by atoms with Crippen molar-refractivity contribution in [2.75, 3.05) is 13.7 Å². The van der Waals surface area contributed by atoms with Crippen LogP contribution >= 0.6 is 11.6 Å². The maximum atomic E-state index is 13.8. The van der Waals surface area contributed by atoms with Crippen molar-refractivity contribution in [1.82, 2.24) is 5.32 Å². The van der Waals surface area contributed by atoms with E-state index < -0.39 is 0 Å². The van der Waals surface area contributed by atoms with Gasteiger partial charge < -0.3 is 14.8 Å². The molecule has 0 aliphatic carbocycles. The Morgan fingerprint density at radius 2 is 1.96 bits per heavy atom. The lowest BCUT2D eigenvalue weighted by molar-refractivity contribution is 0.279. The molecule has 2 aromatic rings. The molecular weight excluding hydrogens is 329 g/mol. The fourth-order valence-electron chi connectivity index (χ4n) is 2.27. The topological polar surface area (TPSA) is 30.5 Å². The van der Waals surface area contributed by atoms with Crippen molar-refractivity contribution in [3.05, 3.63) is 58.4 Å². The van der Waals surface area contributed by atoms with E-state index in [0.717, 1.165) is 18.7 Å². The minimum atomic E-state index is -0.379. The van der Waals surface area contributed by atoms with Crippen molar-refractivity contribution in [2.24, 2.45) is 5.92 Å². The van der Waals surface area contributed by atoms with E-state index in [-0.39, 0.29) is 12.4 Å². The van der Waals surface area contributed by atoms with Gasteiger partial charge in [-0.2, -0.15) is 0 Å². The highest BCUT2D eigenvalue weighted by Gasteiger charge is 2.11. The van der Waals surface area contributed by atoms with E-state index in [0.29, 0.717) is 28.0 Å². The molecule has 0 aliphatic rings. The van der Waals surface area contributed by atoms with Crippen molar-refractivity contribution < 1.29 is 13.9 Å². The molecule has 5 heteroatoms. The minimum Gasteiger partial charge on any atom is -0.493 e. The highest BCUT2D eigenvalue weighted by molar-refractivity contribution is 6.31. The highest BCUT2D eigenvalue weighted by atomic mass is 35.5. The van der Waals surface area contributed by atoms with Gasteiger partial charge in [0.2, 0.25) is 0 Å². The molecule has 0 heterocycles. The zero-order valence-corrected chi connectivity index (χ0v) is 15.0. The summed E-state index contributed by atoms with van der Waals surface area (Å²) in [6.45, 7) is 6.09. The molecule has 24 heavy (non-hydrogen) atoms. The zero-order valence-electron chi connectivity index (χ0n) is 14.2. The first-order valence-corrected chi connectivity index (χ1v) is 8.32. The molecule has 2 rings (SSSR count). The van der Waals surface area contributed by atoms with Crippen LogP contribution in [0.15, 0.2) is 36.4 Å². The summed E-state index contributed by atoms with van der Waals surface area (Å²) < 4.78 is 24.9. The standard InChI is InChI=1S/C19H23ClFNO2/c1-13(2)10-22-11-14-7-8-18(19(9-14)23-3)24-12-15-16(20)5-4-6-17(15)21/h4-9,13,22H,10-12H2,1-3H3. The van der Waals surface area contributed by atoms with Crippen LogP contribution in [-0.4, -0.2) is 13.7 Å². The molecule has 0 aliphatic heterocycles. The van der Waals surface area contributed by atoms with Crippen LogP contribution in [0.1, 0.15) is 25.0 Å². The third-order valence-corrected chi connectivity index (χ3v) is 3.90. The smallest absolute Gasteiger partial charge is 0.161 e. The van der Waals surface area contributed by atoms with Crippen molar-refractivity contribution in [3.8, 4) is 11.5 Å². The lowest BCUT2D eigenvalue weighted by Crippen LogP contribution is -2.18. The Morgan fingerprint density at radius 1 is 1.17 bits per heavy atom. The molecule has 0 saturated heterocycles. The molecule has 0 unspecified atom stereocenters. The summed E-state index contributed by atoms with van der Waals surface area (Å²) in [5.74, 6) is 1.40. The summed E-state index contributed by atoms with van der Waals surface area (Å²) in [4.78, 5) is 0. The van der Waals surface area contributed by atoms with Crippen LogP contribution in [0.2, 0.25) is 5.02 Å². The number of hydrogen-bond acceptors (Lipinski definition) is 3. The van der Waals surface area contributed by atoms with Crippen LogP contribution in [-0.2, 0) is 13.2 Å². The van der Waals surface area contributed by atoms with E-state index >= 15 is 0 Å². The molecule has 0 atom stereocenters. The summed E-state index contributed by atoms with van der Waals surface area (Å²) in [5.41, 5.74) is 1.44. The first kappa shape index (κ1) is 18.6. The fraction of sp³-hybridized carbons (Fsp3) is 0.368. The third kappa shape index (κ3) is 5.11. The Bertz CT molecular complexity index is 656. The van der Waals surface area contributed by atoms with Crippen molar-refractivity contribution in [3.63, 3.8) is 0 Å². The van der Waals surface area contributed by atoms with Gasteiger partial charge in [0.15, 0.2) is 11.5 Å². The molecule has 0 radical (unpaired) electrons. The largest absolute Gasteiger partial charge is 0.493 e. The van der Waals surface area contributed by atoms with Crippen LogP contribution in [0.3, 0.4) is 0 Å². The van der Waals surface area contributed by atoms with E-state index in [1.54, 1.807) is 19.2 Å². The number of hydrogen-bond donors (Lipinski definition) is 1. The Labute approximate surface area is 147 Å². The number of benzene rings is 2. The molecule has 1 N–H and O–H groups in total. The van der Waals surface area contributed by atoms with Crippen LogP contribution in [0.25, 0.3) is 0 Å². The van der Waals surface area contributed by atoms with Crippen LogP contribution < -0.4 is 14.8 Å². The second-order valence-electron chi connectivity index (χ2n) is 6.00. The molecule has 2 aromatic carbocycles. The molecule has 0 spiro atoms. The molecule has 130 valence electrons. The number of nitrogens with one attached hydrogen (secondary N) is 1. The maximum absolute atomic E-state index is 13.8. The third-order valence-electron chi connectivity index (χ3n) is 3.54. The van der Waals surface area contributed by atoms with Gasteiger partial charge in [-0.05, 0) is 42.3 Å². The van der Waals surface area contributed by atoms with Crippen LogP contribution in [0.5, 0.6) is 11.5 Å². The number of ether oxygens (including phenoxy) is 2. The van der Waals surface area contributed by atoms with Gasteiger partial charge in [0.05, 0.1) is 12.1 Å². The lowest BCUT2D eigenvalue weighted by atomic mass is 10.1. The summed E-state index contributed by atoms with van der Waals surface area (Å²) in [5, 5.41) is 3.73. The number of rotatable bonds is 8. The molecule has 0 aromatic heterocycles. The number of halogens is 2. The fourth-order valence-corrected chi connectivity index (χ4v) is 2.48. The average Bonchev–Trinajstić information content (AvgIpc) is 2.54. The quantitative estimate of drug-likeness (QED) is 0.740. The Balaban J connectivity index is 2.05. The normalized spacial score (nSPS) is 10.9. The van der Waals surface area contributed by atoms with E-state index in [4.69, 9.17) is 21.1 Å². The van der Waals surface area contributed by atoms with Crippen LogP contribution in [0.4, 0.5) is 4.39 Å². The minimum absolute atomic E-state index is 0.0484. The molecule has 0 fully saturated rings. The molecule has 0 saturated carbocycles. The van der Waals surface area contributed by atoms with Crippen molar-refractivity contribution >= 4 is 11.6 Å². The van der Waals surface area contributed by atoms with Gasteiger partial charge in [-0.1, -0.05) is 37.6 Å². The monoisotopic (exact) mass is 351 g/mol. The van der Waals surface area contributed by atoms with E-state index in [1.807, 2.05) is 18.2 Å².